The fraction of sp³-hybridized carbons (Fsp3) is 0.443. The van der Waals surface area contributed by atoms with Crippen LogP contribution in [0.4, 0.5) is 0 Å². The van der Waals surface area contributed by atoms with Crippen LogP contribution in [0.3, 0.4) is 0 Å². The van der Waals surface area contributed by atoms with Gasteiger partial charge in [0.1, 0.15) is 40.5 Å². The summed E-state index contributed by atoms with van der Waals surface area (Å²) in [6.45, 7) is 7.55. The lowest BCUT2D eigenvalue weighted by atomic mass is 9.95. The number of aromatic nitrogens is 7. The van der Waals surface area contributed by atoms with E-state index in [1.807, 2.05) is 99.6 Å². The van der Waals surface area contributed by atoms with Crippen molar-refractivity contribution in [2.45, 2.75) is 129 Å². The molecule has 0 aliphatic carbocycles. The number of nitrogens with zero attached hydrogens (tertiary/aromatic N) is 7. The average Bonchev–Trinajstić information content (AvgIpc) is 4.32. The first kappa shape index (κ1) is 58.1. The Hall–Kier alpha value is -8.06. The highest BCUT2D eigenvalue weighted by molar-refractivity contribution is 5.91. The van der Waals surface area contributed by atoms with Crippen LogP contribution in [0.25, 0.3) is 55.6 Å². The number of methoxy groups -OCH3 is 3. The number of benzene rings is 3. The normalized spacial score (nSPS) is 13.6. The molecule has 0 unspecified atom stereocenters. The first-order valence-electron chi connectivity index (χ1n) is 27.9. The van der Waals surface area contributed by atoms with E-state index in [4.69, 9.17) is 23.0 Å². The second-order valence-corrected chi connectivity index (χ2v) is 20.4. The molecule has 80 heavy (non-hydrogen) atoms. The number of fused-ring (bicyclic) bond motifs is 3. The summed E-state index contributed by atoms with van der Waals surface area (Å²) in [6.07, 6.45) is 10.4. The van der Waals surface area contributed by atoms with Gasteiger partial charge in [-0.3, -0.25) is 19.2 Å². The first-order chi connectivity index (χ1) is 38.9. The standard InChI is InChI=1S/C33H37N5O5.C28H37N5O4/c1-5-22(39)12-7-6-8-14-29(35-30(40)19-24-20(2)34-28-16-15-23(41-3)18-25(24)28)33-38-37-32(43-33)26-17-21-11-9-10-13-27(21)36-31(26)42-4;1-4-21(34)11-6-5-7-13-24(29-25(35)19-14-16-33(2)17-15-19)28-32-31-27(37-28)22-18-20-10-8-9-12-23(20)30-26(22)36-3/h9-11,13,15-18,29,34H,5-8,12,14,19H2,1-4H3,(H,35,40);8-10,12,18-19,24H,4-7,11,13-17H2,1-3H3,(H,29,35)/t29-;24-/m00/s1. The molecule has 5 aromatic heterocycles. The summed E-state index contributed by atoms with van der Waals surface area (Å²) < 4.78 is 28.7. The number of likely N-dealkylation sites (tertiary alicyclic amines) is 1. The van der Waals surface area contributed by atoms with E-state index in [2.05, 4.69) is 57.9 Å². The molecule has 2 amide bonds. The molecule has 1 aliphatic rings. The first-order valence-corrected chi connectivity index (χ1v) is 27.9. The number of rotatable bonds is 26. The van der Waals surface area contributed by atoms with Crippen molar-refractivity contribution in [1.82, 2.24) is 50.9 Å². The number of unbranched alkanes of at least 4 members (excludes halogenated alkanes) is 4. The number of para-hydroxylation sites is 2. The molecule has 1 aliphatic heterocycles. The van der Waals surface area contributed by atoms with Crippen LogP contribution < -0.4 is 24.8 Å². The van der Waals surface area contributed by atoms with Gasteiger partial charge in [0.15, 0.2) is 0 Å². The van der Waals surface area contributed by atoms with Crippen molar-refractivity contribution < 1.29 is 42.2 Å². The third kappa shape index (κ3) is 15.0. The summed E-state index contributed by atoms with van der Waals surface area (Å²) in [7, 11) is 6.81. The Labute approximate surface area is 466 Å². The van der Waals surface area contributed by atoms with Crippen molar-refractivity contribution in [3.05, 3.63) is 102 Å². The molecule has 3 N–H and O–H groups in total. The average molecular weight is 1090 g/mol. The second-order valence-electron chi connectivity index (χ2n) is 20.4. The molecule has 1 fully saturated rings. The largest absolute Gasteiger partial charge is 0.497 e. The van der Waals surface area contributed by atoms with Gasteiger partial charge in [-0.05, 0) is 114 Å². The van der Waals surface area contributed by atoms with Crippen molar-refractivity contribution >= 4 is 56.1 Å². The maximum Gasteiger partial charge on any atom is 0.253 e. The Bertz CT molecular complexity index is 3380. The lowest BCUT2D eigenvalue weighted by Gasteiger charge is -2.29. The van der Waals surface area contributed by atoms with Gasteiger partial charge in [-0.15, -0.1) is 20.4 Å². The minimum Gasteiger partial charge on any atom is -0.497 e. The molecular weight excluding hydrogens is 1020 g/mol. The summed E-state index contributed by atoms with van der Waals surface area (Å²) in [5.41, 5.74) is 5.56. The maximum atomic E-state index is 13.5. The third-order valence-electron chi connectivity index (χ3n) is 14.8. The Morgan fingerprint density at radius 1 is 0.662 bits per heavy atom. The number of aromatic amines is 1. The van der Waals surface area contributed by atoms with Crippen molar-refractivity contribution in [1.29, 1.82) is 0 Å². The Morgan fingerprint density at radius 3 is 1.70 bits per heavy atom. The van der Waals surface area contributed by atoms with Gasteiger partial charge in [0.25, 0.3) is 11.8 Å². The van der Waals surface area contributed by atoms with Crippen LogP contribution in [0.2, 0.25) is 0 Å². The molecule has 0 saturated carbocycles. The van der Waals surface area contributed by atoms with Crippen molar-refractivity contribution in [3.63, 3.8) is 0 Å². The topological polar surface area (TPSA) is 243 Å². The molecule has 0 spiro atoms. The Balaban J connectivity index is 0.000000213. The zero-order valence-corrected chi connectivity index (χ0v) is 47.1. The number of ether oxygens (including phenoxy) is 3. The number of nitrogens with one attached hydrogen (secondary N) is 3. The number of piperidine rings is 1. The predicted octanol–water partition coefficient (Wildman–Crippen LogP) is 11.1. The number of carbonyl (C=O) groups is 4. The van der Waals surface area contributed by atoms with E-state index in [1.165, 1.54) is 0 Å². The van der Waals surface area contributed by atoms with Gasteiger partial charge in [-0.1, -0.05) is 75.9 Å². The summed E-state index contributed by atoms with van der Waals surface area (Å²) in [5, 5.41) is 26.4. The molecule has 0 radical (unpaired) electrons. The van der Waals surface area contributed by atoms with Crippen molar-refractivity contribution in [2.24, 2.45) is 5.92 Å². The smallest absolute Gasteiger partial charge is 0.253 e. The number of hydrogen-bond acceptors (Lipinski definition) is 16. The quantitative estimate of drug-likeness (QED) is 0.0427. The Morgan fingerprint density at radius 2 is 1.19 bits per heavy atom. The van der Waals surface area contributed by atoms with E-state index in [0.717, 1.165) is 114 Å². The predicted molar refractivity (Wildman–Crippen MR) is 305 cm³/mol. The highest BCUT2D eigenvalue weighted by atomic mass is 16.5. The van der Waals surface area contributed by atoms with Gasteiger partial charge in [-0.2, -0.15) is 0 Å². The molecular formula is C61H74N10O9. The highest BCUT2D eigenvalue weighted by Gasteiger charge is 2.29. The molecule has 9 rings (SSSR count). The molecule has 1 saturated heterocycles. The fourth-order valence-corrected chi connectivity index (χ4v) is 10.0. The van der Waals surface area contributed by atoms with Crippen LogP contribution >= 0.6 is 0 Å². The molecule has 19 nitrogen and oxygen atoms in total. The SMILES string of the molecule is CCC(=O)CCCCC[C@H](NC(=O)C1CCN(C)CC1)c1nnc(-c2cc3ccccc3nc2OC)o1.CCC(=O)CCCCC[C@H](NC(=O)Cc1c(C)[nH]c2ccc(OC)cc12)c1nnc(-c2cc3ccccc3nc2OC)o1. The summed E-state index contributed by atoms with van der Waals surface area (Å²) in [5.74, 6) is 3.14. The summed E-state index contributed by atoms with van der Waals surface area (Å²) >= 11 is 0. The zero-order valence-electron chi connectivity index (χ0n) is 47.1. The number of pyridine rings is 2. The van der Waals surface area contributed by atoms with Crippen LogP contribution in [0.5, 0.6) is 17.5 Å². The van der Waals surface area contributed by atoms with E-state index >= 15 is 0 Å². The van der Waals surface area contributed by atoms with E-state index < -0.39 is 12.1 Å². The number of hydrogen-bond donors (Lipinski definition) is 3. The number of H-pyrrole nitrogens is 1. The van der Waals surface area contributed by atoms with E-state index in [9.17, 15) is 19.2 Å². The van der Waals surface area contributed by atoms with Gasteiger partial charge in [0, 0.05) is 59.0 Å². The molecule has 422 valence electrons. The number of amides is 2. The highest BCUT2D eigenvalue weighted by Crippen LogP contribution is 2.35. The molecule has 6 heterocycles. The van der Waals surface area contributed by atoms with Gasteiger partial charge in [0.2, 0.25) is 35.4 Å². The van der Waals surface area contributed by atoms with Crippen LogP contribution in [0, 0.1) is 12.8 Å². The van der Waals surface area contributed by atoms with Crippen LogP contribution in [-0.2, 0) is 25.6 Å². The Kier molecular flexibility index (Phi) is 20.5. The summed E-state index contributed by atoms with van der Waals surface area (Å²) in [6, 6.07) is 24.2. The van der Waals surface area contributed by atoms with Gasteiger partial charge in [-0.25, -0.2) is 9.97 Å². The van der Waals surface area contributed by atoms with Gasteiger partial charge < -0.3 is 43.6 Å². The minimum atomic E-state index is -0.505. The van der Waals surface area contributed by atoms with Crippen molar-refractivity contribution in [3.8, 4) is 40.4 Å². The van der Waals surface area contributed by atoms with E-state index in [-0.39, 0.29) is 41.6 Å². The molecule has 2 atom stereocenters. The monoisotopic (exact) mass is 1090 g/mol. The fourth-order valence-electron chi connectivity index (χ4n) is 10.0. The lowest BCUT2D eigenvalue weighted by Crippen LogP contribution is -2.40. The number of carbonyl (C=O) groups excluding carboxylic acids is 4. The number of Topliss-reactive ketones (excluding diaryl/α,β-unsaturated/α-hetero) is 2. The lowest BCUT2D eigenvalue weighted by molar-refractivity contribution is -0.127. The zero-order chi connectivity index (χ0) is 56.5. The third-order valence-corrected chi connectivity index (χ3v) is 14.8. The molecule has 8 aromatic rings. The van der Waals surface area contributed by atoms with Crippen molar-refractivity contribution in [2.75, 3.05) is 41.5 Å². The maximum absolute atomic E-state index is 13.5. The van der Waals surface area contributed by atoms with Gasteiger partial charge >= 0.3 is 0 Å². The van der Waals surface area contributed by atoms with Crippen LogP contribution in [0.1, 0.15) is 139 Å². The van der Waals surface area contributed by atoms with Crippen LogP contribution in [-0.4, -0.2) is 105 Å². The molecule has 3 aromatic carbocycles. The van der Waals surface area contributed by atoms with E-state index in [0.29, 0.717) is 79.1 Å². The van der Waals surface area contributed by atoms with Crippen LogP contribution in [0.15, 0.2) is 87.7 Å². The van der Waals surface area contributed by atoms with E-state index in [1.54, 1.807) is 21.3 Å². The molecule has 0 bridgehead atoms. The number of aryl methyl sites for hydroxylation is 1. The molecule has 19 heteroatoms. The second kappa shape index (κ2) is 28.2. The van der Waals surface area contributed by atoms with Gasteiger partial charge in [0.05, 0.1) is 38.8 Å². The minimum absolute atomic E-state index is 0.0203. The summed E-state index contributed by atoms with van der Waals surface area (Å²) in [4.78, 5) is 64.7. The number of ketones is 2.